The maximum Gasteiger partial charge on any atom is 0.478 e. The molecule has 9 heteroatoms. The topological polar surface area (TPSA) is 122 Å². The van der Waals surface area contributed by atoms with Gasteiger partial charge in [0.05, 0.1) is 12.5 Å². The molecule has 1 aromatic rings. The maximum atomic E-state index is 11.2. The van der Waals surface area contributed by atoms with Gasteiger partial charge in [0.2, 0.25) is 5.91 Å². The molecule has 1 aromatic carbocycles. The van der Waals surface area contributed by atoms with Gasteiger partial charge >= 0.3 is 13.1 Å². The quantitative estimate of drug-likeness (QED) is 0.492. The Morgan fingerprint density at radius 3 is 2.50 bits per heavy atom. The highest BCUT2D eigenvalue weighted by atomic mass is 35.5. The summed E-state index contributed by atoms with van der Waals surface area (Å²) in [6.45, 7) is 0.942. The van der Waals surface area contributed by atoms with E-state index in [1.165, 1.54) is 6.92 Å². The van der Waals surface area contributed by atoms with Gasteiger partial charge in [-0.05, 0) is 24.1 Å². The second-order valence-corrected chi connectivity index (χ2v) is 5.24. The Labute approximate surface area is 133 Å². The van der Waals surface area contributed by atoms with E-state index < -0.39 is 25.1 Å². The molecule has 0 unspecified atom stereocenters. The summed E-state index contributed by atoms with van der Waals surface area (Å²) < 4.78 is 5.03. The van der Waals surface area contributed by atoms with Crippen LogP contribution in [0.15, 0.2) is 24.3 Å². The molecule has 1 rings (SSSR count). The summed E-state index contributed by atoms with van der Waals surface area (Å²) in [7, 11) is -1.38. The average molecular weight is 329 g/mol. The highest BCUT2D eigenvalue weighted by Crippen LogP contribution is 2.12. The highest BCUT2D eigenvalue weighted by molar-refractivity contribution is 6.45. The van der Waals surface area contributed by atoms with Gasteiger partial charge in [-0.1, -0.05) is 23.7 Å². The molecule has 0 saturated heterocycles. The van der Waals surface area contributed by atoms with E-state index in [0.717, 1.165) is 5.56 Å². The van der Waals surface area contributed by atoms with Crippen LogP contribution in [-0.2, 0) is 20.7 Å². The number of halogens is 1. The Balaban J connectivity index is 2.68. The number of carboxylic acids is 1. The number of hydrogen-bond donors (Lipinski definition) is 4. The first-order valence-electron chi connectivity index (χ1n) is 6.59. The second-order valence-electron chi connectivity index (χ2n) is 4.81. The van der Waals surface area contributed by atoms with Crippen molar-refractivity contribution in [3.05, 3.63) is 34.9 Å². The fourth-order valence-electron chi connectivity index (χ4n) is 1.75. The molecular weight excluding hydrogens is 310 g/mol. The van der Waals surface area contributed by atoms with Crippen LogP contribution < -0.4 is 11.1 Å². The van der Waals surface area contributed by atoms with Gasteiger partial charge in [-0.2, -0.15) is 0 Å². The fraction of sp³-hybridized carbons (Fsp3) is 0.385. The van der Waals surface area contributed by atoms with E-state index in [1.807, 2.05) is 0 Å². The number of benzene rings is 1. The molecule has 0 spiro atoms. The number of carbonyl (C=O) groups excluding carboxylic acids is 1. The van der Waals surface area contributed by atoms with Gasteiger partial charge in [-0.25, -0.2) is 0 Å². The van der Waals surface area contributed by atoms with E-state index in [-0.39, 0.29) is 12.5 Å². The van der Waals surface area contributed by atoms with E-state index in [0.29, 0.717) is 11.4 Å². The van der Waals surface area contributed by atoms with Gasteiger partial charge in [0.15, 0.2) is 0 Å². The molecule has 0 bridgehead atoms. The molecule has 0 aliphatic heterocycles. The van der Waals surface area contributed by atoms with Crippen molar-refractivity contribution in [2.75, 3.05) is 6.61 Å². The minimum absolute atomic E-state index is 0.292. The van der Waals surface area contributed by atoms with Crippen LogP contribution in [-0.4, -0.2) is 47.7 Å². The molecule has 0 fully saturated rings. The van der Waals surface area contributed by atoms with Crippen LogP contribution in [0.4, 0.5) is 0 Å². The van der Waals surface area contributed by atoms with Gasteiger partial charge in [-0.3, -0.25) is 9.59 Å². The molecular formula is C13H18BClN2O5. The summed E-state index contributed by atoms with van der Waals surface area (Å²) in [6.07, 6.45) is 0.292. The van der Waals surface area contributed by atoms with Crippen LogP contribution in [0.1, 0.15) is 12.5 Å². The van der Waals surface area contributed by atoms with Gasteiger partial charge in [0.25, 0.3) is 0 Å². The van der Waals surface area contributed by atoms with E-state index >= 15 is 0 Å². The third kappa shape index (κ3) is 6.44. The van der Waals surface area contributed by atoms with E-state index in [1.54, 1.807) is 24.3 Å². The van der Waals surface area contributed by atoms with Crippen molar-refractivity contribution in [2.24, 2.45) is 5.73 Å². The van der Waals surface area contributed by atoms with Crippen LogP contribution in [0.25, 0.3) is 0 Å². The third-order valence-electron chi connectivity index (χ3n) is 2.87. The minimum Gasteiger partial charge on any atom is -0.480 e. The zero-order valence-corrected chi connectivity index (χ0v) is 12.8. The number of nitrogens with two attached hydrogens (primary N) is 1. The van der Waals surface area contributed by atoms with Crippen molar-refractivity contribution in [3.63, 3.8) is 0 Å². The summed E-state index contributed by atoms with van der Waals surface area (Å²) in [5.41, 5.74) is 6.12. The number of aliphatic carboxylic acids is 1. The zero-order valence-electron chi connectivity index (χ0n) is 12.0. The largest absolute Gasteiger partial charge is 0.480 e. The van der Waals surface area contributed by atoms with E-state index in [2.05, 4.69) is 5.32 Å². The van der Waals surface area contributed by atoms with Gasteiger partial charge in [-0.15, -0.1) is 0 Å². The summed E-state index contributed by atoms with van der Waals surface area (Å²) in [5, 5.41) is 21.8. The highest BCUT2D eigenvalue weighted by Gasteiger charge is 2.29. The first-order chi connectivity index (χ1) is 10.3. The first kappa shape index (κ1) is 18.4. The molecule has 2 atom stereocenters. The van der Waals surface area contributed by atoms with Crippen LogP contribution in [0.2, 0.25) is 5.02 Å². The summed E-state index contributed by atoms with van der Waals surface area (Å²) in [4.78, 5) is 21.8. The lowest BCUT2D eigenvalue weighted by Crippen LogP contribution is -2.50. The molecule has 1 amide bonds. The lowest BCUT2D eigenvalue weighted by Gasteiger charge is -2.21. The molecule has 0 heterocycles. The predicted octanol–water partition coefficient (Wildman–Crippen LogP) is -0.165. The Hall–Kier alpha value is -1.61. The third-order valence-corrected chi connectivity index (χ3v) is 3.12. The number of carboxylic acid groups (broad SMARTS) is 1. The molecule has 7 nitrogen and oxygen atoms in total. The molecule has 0 aliphatic rings. The molecule has 0 aromatic heterocycles. The average Bonchev–Trinajstić information content (AvgIpc) is 2.45. The normalized spacial score (nSPS) is 13.3. The van der Waals surface area contributed by atoms with Crippen molar-refractivity contribution in [2.45, 2.75) is 25.3 Å². The van der Waals surface area contributed by atoms with Crippen molar-refractivity contribution in [3.8, 4) is 0 Å². The standard InChI is InChI=1S/C13H18BClN2O5/c1-8(18)17-12(6-9-2-4-10(15)5-3-9)14(21)22-7-11(16)13(19)20/h2-5,11-12,21H,6-7,16H2,1H3,(H,17,18)(H,19,20)/t11-,12-/m1/s1. The van der Waals surface area contributed by atoms with E-state index in [4.69, 9.17) is 27.1 Å². The first-order valence-corrected chi connectivity index (χ1v) is 6.97. The van der Waals surface area contributed by atoms with Crippen LogP contribution >= 0.6 is 11.6 Å². The minimum atomic E-state index is -1.38. The zero-order chi connectivity index (χ0) is 16.7. The lowest BCUT2D eigenvalue weighted by molar-refractivity contribution is -0.139. The number of nitrogens with one attached hydrogen (secondary N) is 1. The van der Waals surface area contributed by atoms with Crippen molar-refractivity contribution < 1.29 is 24.4 Å². The van der Waals surface area contributed by atoms with Crippen LogP contribution in [0, 0.1) is 0 Å². The van der Waals surface area contributed by atoms with Crippen molar-refractivity contribution in [1.82, 2.24) is 5.32 Å². The Kier molecular flexibility index (Phi) is 7.33. The molecule has 120 valence electrons. The predicted molar refractivity (Wildman–Crippen MR) is 82.3 cm³/mol. The number of rotatable bonds is 8. The molecule has 0 saturated carbocycles. The second kappa shape index (κ2) is 8.74. The Bertz CT molecular complexity index is 514. The summed E-state index contributed by atoms with van der Waals surface area (Å²) >= 11 is 5.80. The molecule has 0 radical (unpaired) electrons. The van der Waals surface area contributed by atoms with Crippen LogP contribution in [0.3, 0.4) is 0 Å². The van der Waals surface area contributed by atoms with Gasteiger partial charge < -0.3 is 25.8 Å². The number of carbonyl (C=O) groups is 2. The van der Waals surface area contributed by atoms with Crippen molar-refractivity contribution in [1.29, 1.82) is 0 Å². The van der Waals surface area contributed by atoms with Gasteiger partial charge in [0, 0.05) is 11.9 Å². The van der Waals surface area contributed by atoms with Crippen LogP contribution in [0.5, 0.6) is 0 Å². The molecule has 22 heavy (non-hydrogen) atoms. The monoisotopic (exact) mass is 328 g/mol. The van der Waals surface area contributed by atoms with E-state index in [9.17, 15) is 14.6 Å². The smallest absolute Gasteiger partial charge is 0.478 e. The fourth-order valence-corrected chi connectivity index (χ4v) is 1.87. The summed E-state index contributed by atoms with van der Waals surface area (Å²) in [6, 6.07) is 5.65. The Morgan fingerprint density at radius 2 is 2.00 bits per heavy atom. The summed E-state index contributed by atoms with van der Waals surface area (Å²) in [5.74, 6) is -2.32. The number of amides is 1. The molecule has 5 N–H and O–H groups in total. The maximum absolute atomic E-state index is 11.2. The SMILES string of the molecule is CC(=O)N[C@H](Cc1ccc(Cl)cc1)B(O)OC[C@@H](N)C(=O)O. The molecule has 0 aliphatic carbocycles. The number of hydrogen-bond acceptors (Lipinski definition) is 5. The van der Waals surface area contributed by atoms with Crippen molar-refractivity contribution >= 4 is 30.6 Å². The van der Waals surface area contributed by atoms with Gasteiger partial charge in [0.1, 0.15) is 6.04 Å². The Morgan fingerprint density at radius 1 is 1.41 bits per heavy atom. The lowest BCUT2D eigenvalue weighted by atomic mass is 9.75.